The lowest BCUT2D eigenvalue weighted by molar-refractivity contribution is 0.718. The Kier molecular flexibility index (Phi) is 2.59. The number of rotatable bonds is 0. The SMILES string of the molecule is CC.Nc1cc2c(cc1N)C1CCC2C1. The van der Waals surface area contributed by atoms with E-state index in [4.69, 9.17) is 11.5 Å². The van der Waals surface area contributed by atoms with Crippen LogP contribution in [0.25, 0.3) is 0 Å². The summed E-state index contributed by atoms with van der Waals surface area (Å²) >= 11 is 0. The van der Waals surface area contributed by atoms with Crippen LogP contribution in [0.15, 0.2) is 12.1 Å². The van der Waals surface area contributed by atoms with Crippen molar-refractivity contribution in [2.24, 2.45) is 0 Å². The number of nitrogen functional groups attached to an aromatic ring is 2. The fourth-order valence-corrected chi connectivity index (χ4v) is 2.92. The molecule has 0 aromatic heterocycles. The van der Waals surface area contributed by atoms with Crippen molar-refractivity contribution in [2.75, 3.05) is 11.5 Å². The summed E-state index contributed by atoms with van der Waals surface area (Å²) in [6.07, 6.45) is 4.03. The van der Waals surface area contributed by atoms with Crippen molar-refractivity contribution < 1.29 is 0 Å². The highest BCUT2D eigenvalue weighted by atomic mass is 14.7. The highest BCUT2D eigenvalue weighted by Gasteiger charge is 2.36. The third-order valence-electron chi connectivity index (χ3n) is 3.60. The van der Waals surface area contributed by atoms with Crippen LogP contribution in [0, 0.1) is 0 Å². The summed E-state index contributed by atoms with van der Waals surface area (Å²) in [4.78, 5) is 0. The van der Waals surface area contributed by atoms with Crippen molar-refractivity contribution in [2.45, 2.75) is 44.9 Å². The molecule has 0 saturated heterocycles. The van der Waals surface area contributed by atoms with Gasteiger partial charge in [0.05, 0.1) is 11.4 Å². The number of benzene rings is 1. The molecule has 1 fully saturated rings. The molecule has 1 aromatic rings. The van der Waals surface area contributed by atoms with Gasteiger partial charge in [0.15, 0.2) is 0 Å². The van der Waals surface area contributed by atoms with Crippen LogP contribution in [-0.2, 0) is 0 Å². The molecule has 2 heteroatoms. The van der Waals surface area contributed by atoms with E-state index in [0.29, 0.717) is 0 Å². The van der Waals surface area contributed by atoms with Crippen LogP contribution in [-0.4, -0.2) is 0 Å². The van der Waals surface area contributed by atoms with Gasteiger partial charge in [-0.1, -0.05) is 13.8 Å². The number of hydrogen-bond donors (Lipinski definition) is 2. The molecule has 2 aliphatic carbocycles. The molecule has 15 heavy (non-hydrogen) atoms. The van der Waals surface area contributed by atoms with E-state index >= 15 is 0 Å². The Morgan fingerprint density at radius 1 is 0.933 bits per heavy atom. The normalized spacial score (nSPS) is 25.7. The van der Waals surface area contributed by atoms with Crippen LogP contribution < -0.4 is 11.5 Å². The maximum Gasteiger partial charge on any atom is 0.0550 e. The van der Waals surface area contributed by atoms with Crippen LogP contribution in [0.5, 0.6) is 0 Å². The predicted molar refractivity (Wildman–Crippen MR) is 65.9 cm³/mol. The minimum absolute atomic E-state index is 0.756. The first-order valence-corrected chi connectivity index (χ1v) is 5.94. The lowest BCUT2D eigenvalue weighted by Gasteiger charge is -2.16. The summed E-state index contributed by atoms with van der Waals surface area (Å²) in [6.45, 7) is 4.00. The van der Waals surface area contributed by atoms with E-state index in [9.17, 15) is 0 Å². The Morgan fingerprint density at radius 2 is 1.33 bits per heavy atom. The molecule has 2 bridgehead atoms. The van der Waals surface area contributed by atoms with Gasteiger partial charge in [-0.05, 0) is 54.4 Å². The summed E-state index contributed by atoms with van der Waals surface area (Å²) < 4.78 is 0. The Hall–Kier alpha value is -1.18. The van der Waals surface area contributed by atoms with Crippen LogP contribution in [0.2, 0.25) is 0 Å². The Balaban J connectivity index is 0.000000404. The first kappa shape index (κ1) is 10.3. The molecule has 0 radical (unpaired) electrons. The second-order valence-corrected chi connectivity index (χ2v) is 4.32. The highest BCUT2D eigenvalue weighted by Crippen LogP contribution is 2.54. The maximum absolute atomic E-state index is 5.80. The summed E-state index contributed by atoms with van der Waals surface area (Å²) in [6, 6.07) is 4.18. The zero-order valence-corrected chi connectivity index (χ0v) is 9.59. The van der Waals surface area contributed by atoms with Crippen molar-refractivity contribution in [1.82, 2.24) is 0 Å². The zero-order valence-electron chi connectivity index (χ0n) is 9.59. The van der Waals surface area contributed by atoms with Gasteiger partial charge < -0.3 is 11.5 Å². The molecule has 3 rings (SSSR count). The molecule has 82 valence electrons. The molecule has 4 N–H and O–H groups in total. The molecular weight excluding hydrogens is 184 g/mol. The monoisotopic (exact) mass is 204 g/mol. The van der Waals surface area contributed by atoms with Gasteiger partial charge in [0.1, 0.15) is 0 Å². The standard InChI is InChI=1S/C11H14N2.C2H6/c12-10-4-8-6-1-2-7(3-6)9(8)5-11(10)13;1-2/h4-7H,1-3,12-13H2;1-2H3. The molecule has 1 saturated carbocycles. The molecule has 2 nitrogen and oxygen atoms in total. The fourth-order valence-electron chi connectivity index (χ4n) is 2.92. The quantitative estimate of drug-likeness (QED) is 0.637. The topological polar surface area (TPSA) is 52.0 Å². The molecule has 0 amide bonds. The fraction of sp³-hybridized carbons (Fsp3) is 0.538. The van der Waals surface area contributed by atoms with Crippen LogP contribution in [0.4, 0.5) is 11.4 Å². The van der Waals surface area contributed by atoms with Crippen LogP contribution in [0.1, 0.15) is 56.1 Å². The second-order valence-electron chi connectivity index (χ2n) is 4.32. The first-order chi connectivity index (χ1) is 7.25. The van der Waals surface area contributed by atoms with Gasteiger partial charge in [0, 0.05) is 0 Å². The van der Waals surface area contributed by atoms with Crippen molar-refractivity contribution >= 4 is 11.4 Å². The van der Waals surface area contributed by atoms with E-state index in [-0.39, 0.29) is 0 Å². The van der Waals surface area contributed by atoms with Crippen LogP contribution in [0.3, 0.4) is 0 Å². The predicted octanol–water partition coefficient (Wildman–Crippen LogP) is 3.24. The summed E-state index contributed by atoms with van der Waals surface area (Å²) in [5.41, 5.74) is 16.1. The Morgan fingerprint density at radius 3 is 1.73 bits per heavy atom. The lowest BCUT2D eigenvalue weighted by atomic mass is 9.91. The zero-order chi connectivity index (χ0) is 11.0. The van der Waals surface area contributed by atoms with E-state index in [0.717, 1.165) is 23.2 Å². The number of fused-ring (bicyclic) bond motifs is 5. The minimum atomic E-state index is 0.756. The largest absolute Gasteiger partial charge is 0.397 e. The van der Waals surface area contributed by atoms with Gasteiger partial charge >= 0.3 is 0 Å². The minimum Gasteiger partial charge on any atom is -0.397 e. The van der Waals surface area contributed by atoms with E-state index in [1.165, 1.54) is 30.4 Å². The van der Waals surface area contributed by atoms with Gasteiger partial charge in [-0.2, -0.15) is 0 Å². The van der Waals surface area contributed by atoms with Crippen molar-refractivity contribution in [3.8, 4) is 0 Å². The van der Waals surface area contributed by atoms with Gasteiger partial charge in [-0.25, -0.2) is 0 Å². The van der Waals surface area contributed by atoms with E-state index in [2.05, 4.69) is 12.1 Å². The lowest BCUT2D eigenvalue weighted by Crippen LogP contribution is -2.02. The Labute approximate surface area is 91.7 Å². The number of nitrogens with two attached hydrogens (primary N) is 2. The van der Waals surface area contributed by atoms with E-state index < -0.39 is 0 Å². The van der Waals surface area contributed by atoms with E-state index in [1.54, 1.807) is 0 Å². The van der Waals surface area contributed by atoms with Crippen molar-refractivity contribution in [3.05, 3.63) is 23.3 Å². The van der Waals surface area contributed by atoms with Gasteiger partial charge in [-0.3, -0.25) is 0 Å². The van der Waals surface area contributed by atoms with Gasteiger partial charge in [-0.15, -0.1) is 0 Å². The molecule has 2 aliphatic rings. The molecule has 2 unspecified atom stereocenters. The molecule has 1 aromatic carbocycles. The van der Waals surface area contributed by atoms with Crippen LogP contribution >= 0.6 is 0 Å². The summed E-state index contributed by atoms with van der Waals surface area (Å²) in [5, 5.41) is 0. The van der Waals surface area contributed by atoms with E-state index in [1.807, 2.05) is 13.8 Å². The highest BCUT2D eigenvalue weighted by molar-refractivity contribution is 5.68. The number of anilines is 2. The van der Waals surface area contributed by atoms with Crippen molar-refractivity contribution in [1.29, 1.82) is 0 Å². The van der Waals surface area contributed by atoms with Crippen molar-refractivity contribution in [3.63, 3.8) is 0 Å². The smallest absolute Gasteiger partial charge is 0.0550 e. The Bertz CT molecular complexity index is 336. The molecule has 0 heterocycles. The molecule has 0 aliphatic heterocycles. The molecular formula is C13H20N2. The average Bonchev–Trinajstić information content (AvgIpc) is 2.83. The average molecular weight is 204 g/mol. The second kappa shape index (κ2) is 3.76. The van der Waals surface area contributed by atoms with Gasteiger partial charge in [0.25, 0.3) is 0 Å². The summed E-state index contributed by atoms with van der Waals surface area (Å²) in [5.74, 6) is 1.56. The molecule has 2 atom stereocenters. The van der Waals surface area contributed by atoms with Gasteiger partial charge in [0.2, 0.25) is 0 Å². The first-order valence-electron chi connectivity index (χ1n) is 5.94. The summed E-state index contributed by atoms with van der Waals surface area (Å²) in [7, 11) is 0. The third kappa shape index (κ3) is 1.48. The number of hydrogen-bond acceptors (Lipinski definition) is 2. The molecule has 0 spiro atoms. The maximum atomic E-state index is 5.80. The third-order valence-corrected chi connectivity index (χ3v) is 3.60.